The third-order valence-electron chi connectivity index (χ3n) is 3.41. The van der Waals surface area contributed by atoms with E-state index in [1.54, 1.807) is 0 Å². The lowest BCUT2D eigenvalue weighted by molar-refractivity contribution is 0.328. The Bertz CT molecular complexity index is 771. The molecule has 0 radical (unpaired) electrons. The number of H-pyrrole nitrogens is 1. The van der Waals surface area contributed by atoms with Crippen molar-refractivity contribution >= 4 is 11.2 Å². The van der Waals surface area contributed by atoms with Crippen LogP contribution >= 0.6 is 0 Å². The summed E-state index contributed by atoms with van der Waals surface area (Å²) in [6.07, 6.45) is 0. The molecule has 0 bridgehead atoms. The lowest BCUT2D eigenvalue weighted by atomic mass is 10.1. The monoisotopic (exact) mass is 271 g/mol. The van der Waals surface area contributed by atoms with Gasteiger partial charge < -0.3 is 14.1 Å². The molecule has 104 valence electrons. The molecule has 0 amide bonds. The third kappa shape index (κ3) is 1.95. The Hall–Kier alpha value is -2.30. The maximum atomic E-state index is 5.65. The summed E-state index contributed by atoms with van der Waals surface area (Å²) in [5.41, 5.74) is 3.66. The second-order valence-electron chi connectivity index (χ2n) is 4.75. The number of hydrogen-bond acceptors (Lipinski definition) is 4. The first kappa shape index (κ1) is 12.7. The van der Waals surface area contributed by atoms with Gasteiger partial charge in [-0.1, -0.05) is 0 Å². The van der Waals surface area contributed by atoms with E-state index in [0.717, 1.165) is 34.0 Å². The van der Waals surface area contributed by atoms with Crippen LogP contribution < -0.4 is 4.74 Å². The largest absolute Gasteiger partial charge is 0.478 e. The van der Waals surface area contributed by atoms with Crippen molar-refractivity contribution in [1.29, 1.82) is 0 Å². The van der Waals surface area contributed by atoms with Gasteiger partial charge in [0.15, 0.2) is 5.65 Å². The van der Waals surface area contributed by atoms with Gasteiger partial charge in [-0.2, -0.15) is 4.98 Å². The van der Waals surface area contributed by atoms with Gasteiger partial charge in [-0.15, -0.1) is 0 Å². The first-order valence-corrected chi connectivity index (χ1v) is 6.66. The molecule has 0 aliphatic rings. The molecule has 0 aliphatic carbocycles. The van der Waals surface area contributed by atoms with Crippen molar-refractivity contribution in [3.63, 3.8) is 0 Å². The minimum atomic E-state index is 0.592. The van der Waals surface area contributed by atoms with Crippen molar-refractivity contribution in [2.45, 2.75) is 27.7 Å². The molecular formula is C15H17N3O2. The highest BCUT2D eigenvalue weighted by molar-refractivity contribution is 5.78. The molecule has 0 spiro atoms. The van der Waals surface area contributed by atoms with Crippen LogP contribution in [0.1, 0.15) is 24.0 Å². The quantitative estimate of drug-likeness (QED) is 0.791. The summed E-state index contributed by atoms with van der Waals surface area (Å²) >= 11 is 0. The fourth-order valence-corrected chi connectivity index (χ4v) is 2.36. The topological polar surface area (TPSA) is 63.9 Å². The maximum absolute atomic E-state index is 5.65. The number of nitrogens with one attached hydrogen (secondary N) is 1. The van der Waals surface area contributed by atoms with E-state index in [4.69, 9.17) is 9.15 Å². The third-order valence-corrected chi connectivity index (χ3v) is 3.41. The van der Waals surface area contributed by atoms with Crippen LogP contribution in [-0.4, -0.2) is 21.6 Å². The van der Waals surface area contributed by atoms with Gasteiger partial charge in [0.25, 0.3) is 0 Å². The molecule has 0 atom stereocenters. The van der Waals surface area contributed by atoms with Crippen molar-refractivity contribution in [3.8, 4) is 17.3 Å². The molecule has 0 unspecified atom stereocenters. The van der Waals surface area contributed by atoms with Gasteiger partial charge in [-0.25, -0.2) is 4.98 Å². The van der Waals surface area contributed by atoms with E-state index in [0.29, 0.717) is 18.1 Å². The molecule has 20 heavy (non-hydrogen) atoms. The summed E-state index contributed by atoms with van der Waals surface area (Å²) in [6.45, 7) is 8.46. The molecule has 3 aromatic heterocycles. The fourth-order valence-electron chi connectivity index (χ4n) is 2.36. The Labute approximate surface area is 117 Å². The van der Waals surface area contributed by atoms with Crippen molar-refractivity contribution in [1.82, 2.24) is 15.0 Å². The Balaban J connectivity index is 2.13. The average molecular weight is 271 g/mol. The number of aromatic nitrogens is 3. The van der Waals surface area contributed by atoms with E-state index in [9.17, 15) is 0 Å². The van der Waals surface area contributed by atoms with Crippen LogP contribution in [0.5, 0.6) is 5.88 Å². The predicted molar refractivity (Wildman–Crippen MR) is 77.0 cm³/mol. The molecule has 1 N–H and O–H groups in total. The molecule has 0 saturated heterocycles. The van der Waals surface area contributed by atoms with Gasteiger partial charge >= 0.3 is 0 Å². The number of nitrogens with zero attached hydrogens (tertiary/aromatic N) is 2. The van der Waals surface area contributed by atoms with Crippen LogP contribution in [0, 0.1) is 20.8 Å². The van der Waals surface area contributed by atoms with Crippen LogP contribution in [0.15, 0.2) is 16.5 Å². The number of furan rings is 1. The Morgan fingerprint density at radius 2 is 1.95 bits per heavy atom. The van der Waals surface area contributed by atoms with Gasteiger partial charge in [0.05, 0.1) is 17.7 Å². The molecule has 5 heteroatoms. The molecule has 0 fully saturated rings. The predicted octanol–water partition coefficient (Wildman–Crippen LogP) is 3.54. The van der Waals surface area contributed by atoms with Crippen molar-refractivity contribution in [3.05, 3.63) is 29.2 Å². The first-order valence-electron chi connectivity index (χ1n) is 6.66. The summed E-state index contributed by atoms with van der Waals surface area (Å²) in [5, 5.41) is 0. The van der Waals surface area contributed by atoms with Gasteiger partial charge in [-0.05, 0) is 33.8 Å². The van der Waals surface area contributed by atoms with E-state index in [2.05, 4.69) is 15.0 Å². The zero-order valence-corrected chi connectivity index (χ0v) is 12.1. The molecule has 0 aromatic carbocycles. The van der Waals surface area contributed by atoms with Crippen molar-refractivity contribution in [2.24, 2.45) is 0 Å². The number of aryl methyl sites for hydroxylation is 2. The summed E-state index contributed by atoms with van der Waals surface area (Å²) in [5.74, 6) is 3.16. The second kappa shape index (κ2) is 4.67. The van der Waals surface area contributed by atoms with Gasteiger partial charge in [0.2, 0.25) is 5.88 Å². The Morgan fingerprint density at radius 3 is 2.60 bits per heavy atom. The number of hydrogen-bond donors (Lipinski definition) is 1. The number of aromatic amines is 1. The van der Waals surface area contributed by atoms with Gasteiger partial charge in [-0.3, -0.25) is 0 Å². The van der Waals surface area contributed by atoms with Crippen LogP contribution in [0.25, 0.3) is 22.6 Å². The first-order chi connectivity index (χ1) is 9.60. The van der Waals surface area contributed by atoms with Crippen LogP contribution in [0.3, 0.4) is 0 Å². The Kier molecular flexibility index (Phi) is 2.97. The highest BCUT2D eigenvalue weighted by atomic mass is 16.5. The summed E-state index contributed by atoms with van der Waals surface area (Å²) in [4.78, 5) is 12.2. The summed E-state index contributed by atoms with van der Waals surface area (Å²) in [7, 11) is 0. The van der Waals surface area contributed by atoms with Crippen LogP contribution in [-0.2, 0) is 0 Å². The van der Waals surface area contributed by atoms with Gasteiger partial charge in [0.1, 0.15) is 17.3 Å². The molecule has 0 aliphatic heterocycles. The molecule has 3 aromatic rings. The van der Waals surface area contributed by atoms with Crippen molar-refractivity contribution < 1.29 is 9.15 Å². The average Bonchev–Trinajstić information content (AvgIpc) is 2.91. The summed E-state index contributed by atoms with van der Waals surface area (Å²) in [6, 6.07) is 3.77. The molecule has 3 heterocycles. The van der Waals surface area contributed by atoms with Crippen LogP contribution in [0.4, 0.5) is 0 Å². The SMILES string of the molecule is CCOc1ccc2[nH]c(-c3c(C)oc(C)c3C)nc2n1. The zero-order chi connectivity index (χ0) is 14.3. The van der Waals surface area contributed by atoms with E-state index in [1.807, 2.05) is 39.8 Å². The fraction of sp³-hybridized carbons (Fsp3) is 0.333. The van der Waals surface area contributed by atoms with Crippen molar-refractivity contribution in [2.75, 3.05) is 6.61 Å². The lowest BCUT2D eigenvalue weighted by Gasteiger charge is -1.99. The Morgan fingerprint density at radius 1 is 1.15 bits per heavy atom. The zero-order valence-electron chi connectivity index (χ0n) is 12.1. The highest BCUT2D eigenvalue weighted by Crippen LogP contribution is 2.30. The molecule has 3 rings (SSSR count). The minimum Gasteiger partial charge on any atom is -0.478 e. The van der Waals surface area contributed by atoms with E-state index < -0.39 is 0 Å². The summed E-state index contributed by atoms with van der Waals surface area (Å²) < 4.78 is 11.0. The van der Waals surface area contributed by atoms with Gasteiger partial charge in [0, 0.05) is 11.6 Å². The smallest absolute Gasteiger partial charge is 0.215 e. The number of pyridine rings is 1. The number of ether oxygens (including phenoxy) is 1. The number of rotatable bonds is 3. The number of imidazole rings is 1. The molecule has 0 saturated carbocycles. The standard InChI is InChI=1S/C15H17N3O2/c1-5-19-12-7-6-11-14(17-12)18-15(16-11)13-8(2)9(3)20-10(13)4/h6-7H,5H2,1-4H3,(H,16,17,18). The normalized spacial score (nSPS) is 11.2. The number of fused-ring (bicyclic) bond motifs is 1. The second-order valence-corrected chi connectivity index (χ2v) is 4.75. The lowest BCUT2D eigenvalue weighted by Crippen LogP contribution is -1.93. The van der Waals surface area contributed by atoms with E-state index in [1.165, 1.54) is 0 Å². The van der Waals surface area contributed by atoms with E-state index >= 15 is 0 Å². The molecule has 5 nitrogen and oxygen atoms in total. The minimum absolute atomic E-state index is 0.592. The van der Waals surface area contributed by atoms with Crippen LogP contribution in [0.2, 0.25) is 0 Å². The highest BCUT2D eigenvalue weighted by Gasteiger charge is 2.17. The molecular weight excluding hydrogens is 254 g/mol. The van der Waals surface area contributed by atoms with E-state index in [-0.39, 0.29) is 0 Å². The maximum Gasteiger partial charge on any atom is 0.215 e.